The second kappa shape index (κ2) is 4.18. The minimum atomic E-state index is -1.06. The Morgan fingerprint density at radius 3 is 2.32 bits per heavy atom. The van der Waals surface area contributed by atoms with Gasteiger partial charge in [0.25, 0.3) is 11.6 Å². The van der Waals surface area contributed by atoms with E-state index < -0.39 is 11.6 Å². The molecule has 3 aliphatic rings. The van der Waals surface area contributed by atoms with Crippen LogP contribution in [0.15, 0.2) is 48.5 Å². The highest BCUT2D eigenvalue weighted by atomic mass is 16.8. The molecular formula is C18H16O4. The van der Waals surface area contributed by atoms with Crippen molar-refractivity contribution in [3.05, 3.63) is 59.7 Å². The topological polar surface area (TPSA) is 36.9 Å². The quantitative estimate of drug-likeness (QED) is 0.811. The molecule has 2 aromatic rings. The van der Waals surface area contributed by atoms with Crippen LogP contribution in [0, 0.1) is 0 Å². The average molecular weight is 296 g/mol. The summed E-state index contributed by atoms with van der Waals surface area (Å²) >= 11 is 0. The number of ether oxygens (including phenoxy) is 4. The third kappa shape index (κ3) is 1.28. The fourth-order valence-corrected chi connectivity index (χ4v) is 3.96. The summed E-state index contributed by atoms with van der Waals surface area (Å²) < 4.78 is 24.6. The van der Waals surface area contributed by atoms with Gasteiger partial charge in [-0.2, -0.15) is 0 Å². The second-order valence-electron chi connectivity index (χ2n) is 5.89. The Kier molecular flexibility index (Phi) is 2.43. The van der Waals surface area contributed by atoms with Crippen LogP contribution in [0.4, 0.5) is 0 Å². The molecule has 0 radical (unpaired) electrons. The number of hydrogen-bond donors (Lipinski definition) is 0. The zero-order valence-corrected chi connectivity index (χ0v) is 12.2. The zero-order chi connectivity index (χ0) is 14.8. The Labute approximate surface area is 128 Å². The zero-order valence-electron chi connectivity index (χ0n) is 12.2. The van der Waals surface area contributed by atoms with Crippen molar-refractivity contribution in [2.75, 3.05) is 20.3 Å². The highest BCUT2D eigenvalue weighted by molar-refractivity contribution is 5.76. The minimum absolute atomic E-state index is 0.0541. The molecular weight excluding hydrogens is 280 g/mol. The van der Waals surface area contributed by atoms with Crippen LogP contribution < -0.4 is 0 Å². The first-order chi connectivity index (χ1) is 10.8. The first-order valence-electron chi connectivity index (χ1n) is 7.51. The molecule has 22 heavy (non-hydrogen) atoms. The van der Waals surface area contributed by atoms with Gasteiger partial charge in [0.1, 0.15) is 6.10 Å². The van der Waals surface area contributed by atoms with Crippen molar-refractivity contribution in [2.24, 2.45) is 0 Å². The van der Waals surface area contributed by atoms with Crippen molar-refractivity contribution in [3.8, 4) is 11.1 Å². The summed E-state index contributed by atoms with van der Waals surface area (Å²) in [5, 5.41) is 0. The Balaban J connectivity index is 1.91. The van der Waals surface area contributed by atoms with Crippen LogP contribution >= 0.6 is 0 Å². The Hall–Kier alpha value is -1.72. The highest BCUT2D eigenvalue weighted by Crippen LogP contribution is 2.60. The van der Waals surface area contributed by atoms with Crippen molar-refractivity contribution < 1.29 is 18.9 Å². The predicted octanol–water partition coefficient (Wildman–Crippen LogP) is 2.76. The summed E-state index contributed by atoms with van der Waals surface area (Å²) in [5.41, 5.74) is 4.13. The van der Waals surface area contributed by atoms with Gasteiger partial charge in [-0.05, 0) is 11.1 Å². The van der Waals surface area contributed by atoms with Crippen molar-refractivity contribution in [1.29, 1.82) is 0 Å². The van der Waals surface area contributed by atoms with Gasteiger partial charge in [-0.25, -0.2) is 0 Å². The van der Waals surface area contributed by atoms with E-state index in [2.05, 4.69) is 12.1 Å². The molecule has 1 spiro atoms. The molecule has 2 bridgehead atoms. The molecule has 2 aromatic carbocycles. The summed E-state index contributed by atoms with van der Waals surface area (Å²) in [7, 11) is 1.65. The molecule has 3 atom stereocenters. The molecule has 2 heterocycles. The lowest BCUT2D eigenvalue weighted by Gasteiger charge is -2.51. The standard InChI is InChI=1S/C18H16O4/c1-19-17-15-8-4-2-6-13(15)14-7-3-5-9-16(14)18(17)21-11-12(22-18)10-20-17/h2-9,12H,10-11H2,1H3/t12-,17-,18-/m0/s1. The van der Waals surface area contributed by atoms with E-state index in [0.717, 1.165) is 22.3 Å². The summed E-state index contributed by atoms with van der Waals surface area (Å²) in [6.45, 7) is 0.980. The predicted molar refractivity (Wildman–Crippen MR) is 79.0 cm³/mol. The molecule has 4 nitrogen and oxygen atoms in total. The maximum absolute atomic E-state index is 6.29. The van der Waals surface area contributed by atoms with Gasteiger partial charge in [0, 0.05) is 18.2 Å². The normalized spacial score (nSPS) is 34.7. The first-order valence-corrected chi connectivity index (χ1v) is 7.51. The molecule has 2 aliphatic heterocycles. The van der Waals surface area contributed by atoms with E-state index in [4.69, 9.17) is 18.9 Å². The van der Waals surface area contributed by atoms with Crippen LogP contribution in [0.25, 0.3) is 11.1 Å². The first kappa shape index (κ1) is 12.8. The van der Waals surface area contributed by atoms with Gasteiger partial charge in [-0.1, -0.05) is 48.5 Å². The lowest BCUT2D eigenvalue weighted by Crippen LogP contribution is -2.58. The third-order valence-corrected chi connectivity index (χ3v) is 4.85. The molecule has 112 valence electrons. The SMILES string of the molecule is CO[C@@]12OC[C@H]3CO[C@]1(O3)c1ccccc1-c1ccccc12. The van der Waals surface area contributed by atoms with Crippen LogP contribution in [0.2, 0.25) is 0 Å². The maximum atomic E-state index is 6.29. The van der Waals surface area contributed by atoms with E-state index in [0.29, 0.717) is 13.2 Å². The molecule has 0 aromatic heterocycles. The fourth-order valence-electron chi connectivity index (χ4n) is 3.96. The van der Waals surface area contributed by atoms with Gasteiger partial charge in [0.2, 0.25) is 0 Å². The Morgan fingerprint density at radius 2 is 1.55 bits per heavy atom. The molecule has 2 saturated heterocycles. The fraction of sp³-hybridized carbons (Fsp3) is 0.333. The van der Waals surface area contributed by atoms with Gasteiger partial charge in [-0.3, -0.25) is 0 Å². The molecule has 0 N–H and O–H groups in total. The average Bonchev–Trinajstić information content (AvgIpc) is 2.95. The van der Waals surface area contributed by atoms with Crippen molar-refractivity contribution in [1.82, 2.24) is 0 Å². The molecule has 0 saturated carbocycles. The van der Waals surface area contributed by atoms with Gasteiger partial charge in [0.15, 0.2) is 0 Å². The summed E-state index contributed by atoms with van der Waals surface area (Å²) in [4.78, 5) is 0. The summed E-state index contributed by atoms with van der Waals surface area (Å²) in [6.07, 6.45) is -0.0541. The lowest BCUT2D eigenvalue weighted by molar-refractivity contribution is -0.423. The highest BCUT2D eigenvalue weighted by Gasteiger charge is 2.68. The van der Waals surface area contributed by atoms with Gasteiger partial charge in [0.05, 0.1) is 13.2 Å². The molecule has 4 heteroatoms. The molecule has 0 unspecified atom stereocenters. The summed E-state index contributed by atoms with van der Waals surface area (Å²) in [6, 6.07) is 16.3. The van der Waals surface area contributed by atoms with E-state index in [9.17, 15) is 0 Å². The number of benzene rings is 2. The van der Waals surface area contributed by atoms with Gasteiger partial charge < -0.3 is 18.9 Å². The maximum Gasteiger partial charge on any atom is 0.257 e. The van der Waals surface area contributed by atoms with Gasteiger partial charge >= 0.3 is 0 Å². The van der Waals surface area contributed by atoms with E-state index in [1.165, 1.54) is 0 Å². The van der Waals surface area contributed by atoms with Crippen LogP contribution in [0.1, 0.15) is 11.1 Å². The Bertz CT molecular complexity index is 713. The second-order valence-corrected chi connectivity index (χ2v) is 5.89. The number of rotatable bonds is 1. The van der Waals surface area contributed by atoms with Crippen LogP contribution in [-0.4, -0.2) is 26.4 Å². The molecule has 1 aliphatic carbocycles. The summed E-state index contributed by atoms with van der Waals surface area (Å²) in [5.74, 6) is -2.10. The molecule has 5 rings (SSSR count). The lowest BCUT2D eigenvalue weighted by atomic mass is 9.76. The molecule has 2 fully saturated rings. The number of hydrogen-bond acceptors (Lipinski definition) is 4. The van der Waals surface area contributed by atoms with E-state index >= 15 is 0 Å². The van der Waals surface area contributed by atoms with Crippen molar-refractivity contribution >= 4 is 0 Å². The van der Waals surface area contributed by atoms with E-state index in [1.807, 2.05) is 36.4 Å². The van der Waals surface area contributed by atoms with Crippen molar-refractivity contribution in [2.45, 2.75) is 17.7 Å². The van der Waals surface area contributed by atoms with Crippen LogP contribution in [0.5, 0.6) is 0 Å². The van der Waals surface area contributed by atoms with Crippen LogP contribution in [0.3, 0.4) is 0 Å². The monoisotopic (exact) mass is 296 g/mol. The van der Waals surface area contributed by atoms with Crippen LogP contribution in [-0.2, 0) is 30.5 Å². The Morgan fingerprint density at radius 1 is 0.909 bits per heavy atom. The largest absolute Gasteiger partial charge is 0.345 e. The smallest absolute Gasteiger partial charge is 0.257 e. The van der Waals surface area contributed by atoms with E-state index in [-0.39, 0.29) is 6.10 Å². The minimum Gasteiger partial charge on any atom is -0.345 e. The van der Waals surface area contributed by atoms with Gasteiger partial charge in [-0.15, -0.1) is 0 Å². The number of fused-ring (bicyclic) bond motifs is 5. The van der Waals surface area contributed by atoms with E-state index in [1.54, 1.807) is 7.11 Å². The number of methoxy groups -OCH3 is 1. The molecule has 0 amide bonds. The third-order valence-electron chi connectivity index (χ3n) is 4.85. The van der Waals surface area contributed by atoms with Crippen molar-refractivity contribution in [3.63, 3.8) is 0 Å².